The van der Waals surface area contributed by atoms with Gasteiger partial charge < -0.3 is 14.4 Å². The van der Waals surface area contributed by atoms with Crippen LogP contribution in [0, 0.1) is 0 Å². The molecule has 1 atom stereocenters. The lowest BCUT2D eigenvalue weighted by atomic mass is 10.0. The number of aromatic nitrogens is 3. The minimum absolute atomic E-state index is 0.0932. The molecule has 7 heteroatoms. The number of hydrogen-bond donors (Lipinski definition) is 1. The second-order valence-corrected chi connectivity index (χ2v) is 6.37. The fourth-order valence-electron chi connectivity index (χ4n) is 3.12. The maximum Gasteiger partial charge on any atom is 0.254 e. The number of aromatic amines is 1. The van der Waals surface area contributed by atoms with Crippen LogP contribution in [0.4, 0.5) is 0 Å². The Bertz CT molecular complexity index is 956. The third-order valence-electron chi connectivity index (χ3n) is 4.78. The molecule has 1 aromatic heterocycles. The quantitative estimate of drug-likeness (QED) is 0.769. The molecule has 4 rings (SSSR count). The van der Waals surface area contributed by atoms with Crippen LogP contribution >= 0.6 is 0 Å². The van der Waals surface area contributed by atoms with Crippen LogP contribution < -0.4 is 9.47 Å². The number of nitrogens with zero attached hydrogens (tertiary/aromatic N) is 3. The van der Waals surface area contributed by atoms with Crippen LogP contribution in [-0.2, 0) is 0 Å². The summed E-state index contributed by atoms with van der Waals surface area (Å²) in [4.78, 5) is 19.1. The largest absolute Gasteiger partial charge is 0.486 e. The molecule has 1 aliphatic rings. The second-order valence-electron chi connectivity index (χ2n) is 6.37. The number of nitrogens with one attached hydrogen (secondary N) is 1. The molecule has 1 unspecified atom stereocenters. The molecular weight excluding hydrogens is 344 g/mol. The van der Waals surface area contributed by atoms with Gasteiger partial charge in [0.1, 0.15) is 19.5 Å². The summed E-state index contributed by atoms with van der Waals surface area (Å²) in [6, 6.07) is 13.0. The fourth-order valence-corrected chi connectivity index (χ4v) is 3.12. The van der Waals surface area contributed by atoms with E-state index in [1.54, 1.807) is 18.0 Å². The van der Waals surface area contributed by atoms with Crippen molar-refractivity contribution in [3.05, 3.63) is 59.9 Å². The van der Waals surface area contributed by atoms with Gasteiger partial charge in [0.2, 0.25) is 0 Å². The van der Waals surface area contributed by atoms with E-state index in [9.17, 15) is 4.79 Å². The van der Waals surface area contributed by atoms with E-state index in [0.29, 0.717) is 30.4 Å². The summed E-state index contributed by atoms with van der Waals surface area (Å²) in [6.45, 7) is 3.07. The first kappa shape index (κ1) is 17.1. The minimum Gasteiger partial charge on any atom is -0.486 e. The summed E-state index contributed by atoms with van der Waals surface area (Å²) in [6.07, 6.45) is 1.43. The Morgan fingerprint density at radius 2 is 1.93 bits per heavy atom. The maximum atomic E-state index is 13.2. The molecule has 0 spiro atoms. The van der Waals surface area contributed by atoms with Crippen LogP contribution in [0.2, 0.25) is 0 Å². The molecule has 7 nitrogen and oxygen atoms in total. The van der Waals surface area contributed by atoms with Gasteiger partial charge in [0.25, 0.3) is 5.91 Å². The van der Waals surface area contributed by atoms with Crippen LogP contribution in [0.3, 0.4) is 0 Å². The molecule has 2 aromatic carbocycles. The van der Waals surface area contributed by atoms with E-state index >= 15 is 0 Å². The molecule has 0 saturated carbocycles. The predicted molar refractivity (Wildman–Crippen MR) is 99.8 cm³/mol. The summed E-state index contributed by atoms with van der Waals surface area (Å²) >= 11 is 0. The summed E-state index contributed by atoms with van der Waals surface area (Å²) < 4.78 is 11.2. The molecule has 0 aliphatic carbocycles. The highest BCUT2D eigenvalue weighted by Crippen LogP contribution is 2.34. The molecule has 1 amide bonds. The Morgan fingerprint density at radius 1 is 1.15 bits per heavy atom. The van der Waals surface area contributed by atoms with E-state index in [4.69, 9.17) is 9.47 Å². The summed E-state index contributed by atoms with van der Waals surface area (Å²) in [5.41, 5.74) is 2.27. The average molecular weight is 364 g/mol. The van der Waals surface area contributed by atoms with E-state index in [2.05, 4.69) is 15.2 Å². The van der Waals surface area contributed by atoms with E-state index in [-0.39, 0.29) is 11.9 Å². The maximum absolute atomic E-state index is 13.2. The monoisotopic (exact) mass is 364 g/mol. The van der Waals surface area contributed by atoms with Crippen LogP contribution in [0.1, 0.15) is 28.9 Å². The van der Waals surface area contributed by atoms with Crippen molar-refractivity contribution in [1.29, 1.82) is 0 Å². The number of benzene rings is 2. The number of amides is 1. The second kappa shape index (κ2) is 7.11. The predicted octanol–water partition coefficient (Wildman–Crippen LogP) is 3.08. The van der Waals surface area contributed by atoms with Crippen LogP contribution in [0.25, 0.3) is 11.4 Å². The van der Waals surface area contributed by atoms with Crippen molar-refractivity contribution in [3.8, 4) is 22.9 Å². The molecule has 0 radical (unpaired) electrons. The van der Waals surface area contributed by atoms with Crippen molar-refractivity contribution in [2.75, 3.05) is 20.3 Å². The first-order valence-electron chi connectivity index (χ1n) is 8.76. The Morgan fingerprint density at radius 3 is 2.70 bits per heavy atom. The molecular formula is C20H20N4O3. The van der Waals surface area contributed by atoms with E-state index in [1.807, 2.05) is 43.3 Å². The molecule has 0 fully saturated rings. The fraction of sp³-hybridized carbons (Fsp3) is 0.250. The first-order valence-corrected chi connectivity index (χ1v) is 8.76. The van der Waals surface area contributed by atoms with Crippen molar-refractivity contribution in [2.45, 2.75) is 13.0 Å². The highest BCUT2D eigenvalue weighted by Gasteiger charge is 2.23. The Labute approximate surface area is 156 Å². The first-order chi connectivity index (χ1) is 13.1. The topological polar surface area (TPSA) is 80.3 Å². The molecule has 1 aliphatic heterocycles. The highest BCUT2D eigenvalue weighted by molar-refractivity contribution is 6.00. The normalized spacial score (nSPS) is 13.9. The van der Waals surface area contributed by atoms with Gasteiger partial charge in [-0.25, -0.2) is 4.98 Å². The SMILES string of the molecule is CC(c1ccc2c(c1)OCCO2)N(C)C(=O)c1ccccc1-c1ncn[nH]1. The van der Waals surface area contributed by atoms with Gasteiger partial charge in [-0.15, -0.1) is 0 Å². The minimum atomic E-state index is -0.142. The summed E-state index contributed by atoms with van der Waals surface area (Å²) in [5, 5.41) is 6.70. The zero-order chi connectivity index (χ0) is 18.8. The van der Waals surface area contributed by atoms with Gasteiger partial charge in [-0.1, -0.05) is 24.3 Å². The number of ether oxygens (including phenoxy) is 2. The Hall–Kier alpha value is -3.35. The van der Waals surface area contributed by atoms with Crippen molar-refractivity contribution < 1.29 is 14.3 Å². The number of H-pyrrole nitrogens is 1. The van der Waals surface area contributed by atoms with Gasteiger partial charge >= 0.3 is 0 Å². The van der Waals surface area contributed by atoms with Gasteiger partial charge in [0, 0.05) is 12.6 Å². The van der Waals surface area contributed by atoms with Crippen LogP contribution in [0.15, 0.2) is 48.8 Å². The Kier molecular flexibility index (Phi) is 4.50. The summed E-state index contributed by atoms with van der Waals surface area (Å²) in [7, 11) is 1.79. The molecule has 3 aromatic rings. The molecule has 0 bridgehead atoms. The Balaban J connectivity index is 1.61. The van der Waals surface area contributed by atoms with Crippen LogP contribution in [0.5, 0.6) is 11.5 Å². The lowest BCUT2D eigenvalue weighted by Crippen LogP contribution is -2.30. The van der Waals surface area contributed by atoms with Gasteiger partial charge in [-0.3, -0.25) is 9.89 Å². The standard InChI is InChI=1S/C20H20N4O3/c1-13(14-7-8-17-18(11-14)27-10-9-26-17)24(2)20(25)16-6-4-3-5-15(16)19-21-12-22-23-19/h3-8,11-13H,9-10H2,1-2H3,(H,21,22,23). The number of carbonyl (C=O) groups is 1. The molecule has 138 valence electrons. The van der Waals surface area contributed by atoms with Crippen molar-refractivity contribution >= 4 is 5.91 Å². The van der Waals surface area contributed by atoms with Crippen molar-refractivity contribution in [1.82, 2.24) is 20.1 Å². The number of fused-ring (bicyclic) bond motifs is 1. The van der Waals surface area contributed by atoms with Crippen molar-refractivity contribution in [2.24, 2.45) is 0 Å². The van der Waals surface area contributed by atoms with Crippen molar-refractivity contribution in [3.63, 3.8) is 0 Å². The number of carbonyl (C=O) groups excluding carboxylic acids is 1. The van der Waals surface area contributed by atoms with E-state index < -0.39 is 0 Å². The zero-order valence-electron chi connectivity index (χ0n) is 15.2. The summed E-state index contributed by atoms with van der Waals surface area (Å²) in [5.74, 6) is 1.93. The molecule has 2 heterocycles. The smallest absolute Gasteiger partial charge is 0.254 e. The lowest BCUT2D eigenvalue weighted by Gasteiger charge is -2.27. The van der Waals surface area contributed by atoms with Gasteiger partial charge in [-0.2, -0.15) is 5.10 Å². The average Bonchev–Trinajstić information content (AvgIpc) is 3.26. The van der Waals surface area contributed by atoms with Gasteiger partial charge in [-0.05, 0) is 30.7 Å². The third-order valence-corrected chi connectivity index (χ3v) is 4.78. The van der Waals surface area contributed by atoms with Gasteiger partial charge in [0.15, 0.2) is 17.3 Å². The van der Waals surface area contributed by atoms with E-state index in [0.717, 1.165) is 16.9 Å². The van der Waals surface area contributed by atoms with Crippen LogP contribution in [-0.4, -0.2) is 46.2 Å². The number of hydrogen-bond acceptors (Lipinski definition) is 5. The molecule has 27 heavy (non-hydrogen) atoms. The zero-order valence-corrected chi connectivity index (χ0v) is 15.2. The molecule has 0 saturated heterocycles. The third kappa shape index (κ3) is 3.23. The van der Waals surface area contributed by atoms with Gasteiger partial charge in [0.05, 0.1) is 11.6 Å². The lowest BCUT2D eigenvalue weighted by molar-refractivity contribution is 0.0743. The molecule has 1 N–H and O–H groups in total. The highest BCUT2D eigenvalue weighted by atomic mass is 16.6. The van der Waals surface area contributed by atoms with E-state index in [1.165, 1.54) is 6.33 Å². The number of rotatable bonds is 4.